The van der Waals surface area contributed by atoms with Gasteiger partial charge < -0.3 is 30.5 Å². The Hall–Kier alpha value is -3.33. The molecule has 176 valence electrons. The van der Waals surface area contributed by atoms with Crippen molar-refractivity contribution >= 4 is 35.0 Å². The van der Waals surface area contributed by atoms with Crippen LogP contribution in [0.4, 0.5) is 20.6 Å². The van der Waals surface area contributed by atoms with E-state index in [4.69, 9.17) is 0 Å². The number of carbonyl (C=O) groups excluding carboxylic acids is 2. The first-order valence-electron chi connectivity index (χ1n) is 11.1. The Bertz CT molecular complexity index is 1120. The molecule has 2 aliphatic heterocycles. The first-order chi connectivity index (χ1) is 15.7. The van der Waals surface area contributed by atoms with Crippen LogP contribution in [0.3, 0.4) is 0 Å². The summed E-state index contributed by atoms with van der Waals surface area (Å²) in [5.74, 6) is -0.669. The fourth-order valence-corrected chi connectivity index (χ4v) is 4.54. The minimum absolute atomic E-state index is 0.0108. The molecule has 1 aromatic heterocycles. The largest absolute Gasteiger partial charge is 0.374 e. The van der Waals surface area contributed by atoms with Crippen LogP contribution in [0.2, 0.25) is 0 Å². The molecular formula is C24H30FN5O3. The highest BCUT2D eigenvalue weighted by molar-refractivity contribution is 6.34. The molecular weight excluding hydrogens is 425 g/mol. The van der Waals surface area contributed by atoms with Crippen molar-refractivity contribution in [3.05, 3.63) is 46.5 Å². The van der Waals surface area contributed by atoms with Crippen LogP contribution >= 0.6 is 0 Å². The van der Waals surface area contributed by atoms with E-state index in [1.54, 1.807) is 36.0 Å². The van der Waals surface area contributed by atoms with E-state index in [0.717, 1.165) is 22.6 Å². The maximum absolute atomic E-state index is 13.7. The SMILES string of the molecule is Cc1[nH]c(/C=C2\C(=O)Nc3ccc(F)cc32)c(C)c1NC(O)C1CCN(C(=O)N(C)C)CC1. The van der Waals surface area contributed by atoms with E-state index in [-0.39, 0.29) is 17.9 Å². The first-order valence-corrected chi connectivity index (χ1v) is 11.1. The standard InChI is InChI=1S/C24H30FN5O3/c1-13-20(12-18-17-11-16(25)5-6-19(17)27-23(18)32)26-14(2)21(13)28-22(31)15-7-9-30(10-8-15)24(33)29(3)4/h5-6,11-12,15,22,26,28,31H,7-10H2,1-4H3,(H,27,32)/b18-12-. The van der Waals surface area contributed by atoms with Crippen molar-refractivity contribution in [3.8, 4) is 0 Å². The van der Waals surface area contributed by atoms with Crippen LogP contribution in [-0.4, -0.2) is 65.2 Å². The summed E-state index contributed by atoms with van der Waals surface area (Å²) >= 11 is 0. The number of nitrogens with zero attached hydrogens (tertiary/aromatic N) is 2. The van der Waals surface area contributed by atoms with Crippen molar-refractivity contribution in [3.63, 3.8) is 0 Å². The van der Waals surface area contributed by atoms with Crippen LogP contribution in [-0.2, 0) is 4.79 Å². The van der Waals surface area contributed by atoms with Gasteiger partial charge in [0.25, 0.3) is 5.91 Å². The molecule has 0 aliphatic carbocycles. The molecule has 1 unspecified atom stereocenters. The number of hydrogen-bond acceptors (Lipinski definition) is 4. The molecule has 1 aromatic carbocycles. The number of anilines is 2. The van der Waals surface area contributed by atoms with Gasteiger partial charge in [0.15, 0.2) is 0 Å². The molecule has 0 bridgehead atoms. The molecule has 0 spiro atoms. The van der Waals surface area contributed by atoms with Crippen LogP contribution < -0.4 is 10.6 Å². The lowest BCUT2D eigenvalue weighted by molar-refractivity contribution is -0.110. The van der Waals surface area contributed by atoms with Crippen molar-refractivity contribution < 1.29 is 19.1 Å². The summed E-state index contributed by atoms with van der Waals surface area (Å²) in [4.78, 5) is 31.2. The predicted octanol–water partition coefficient (Wildman–Crippen LogP) is 3.39. The van der Waals surface area contributed by atoms with Crippen molar-refractivity contribution in [1.29, 1.82) is 0 Å². The molecule has 2 aliphatic rings. The van der Waals surface area contributed by atoms with Crippen molar-refractivity contribution in [2.45, 2.75) is 32.9 Å². The number of carbonyl (C=O) groups is 2. The summed E-state index contributed by atoms with van der Waals surface area (Å²) in [5.41, 5.74) is 4.68. The van der Waals surface area contributed by atoms with Crippen molar-refractivity contribution in [2.75, 3.05) is 37.8 Å². The third kappa shape index (κ3) is 4.45. The predicted molar refractivity (Wildman–Crippen MR) is 126 cm³/mol. The van der Waals surface area contributed by atoms with E-state index in [1.165, 1.54) is 12.1 Å². The van der Waals surface area contributed by atoms with Crippen LogP contribution in [0, 0.1) is 25.6 Å². The Balaban J connectivity index is 1.49. The average Bonchev–Trinajstić information content (AvgIpc) is 3.23. The summed E-state index contributed by atoms with van der Waals surface area (Å²) in [5, 5.41) is 16.8. The topological polar surface area (TPSA) is 101 Å². The summed E-state index contributed by atoms with van der Waals surface area (Å²) in [7, 11) is 3.47. The van der Waals surface area contributed by atoms with Gasteiger partial charge in [-0.2, -0.15) is 0 Å². The molecule has 4 N–H and O–H groups in total. The zero-order valence-electron chi connectivity index (χ0n) is 19.3. The number of benzene rings is 1. The van der Waals surface area contributed by atoms with E-state index >= 15 is 0 Å². The number of aliphatic hydroxyl groups is 1. The molecule has 8 nitrogen and oxygen atoms in total. The average molecular weight is 456 g/mol. The molecule has 3 heterocycles. The number of H-pyrrole nitrogens is 1. The van der Waals surface area contributed by atoms with E-state index in [1.807, 2.05) is 13.8 Å². The zero-order chi connectivity index (χ0) is 23.9. The van der Waals surface area contributed by atoms with Gasteiger partial charge in [-0.1, -0.05) is 0 Å². The maximum Gasteiger partial charge on any atom is 0.319 e. The number of rotatable bonds is 4. The second-order valence-corrected chi connectivity index (χ2v) is 8.96. The quantitative estimate of drug-likeness (QED) is 0.419. The van der Waals surface area contributed by atoms with Gasteiger partial charge in [-0.05, 0) is 56.5 Å². The van der Waals surface area contributed by atoms with Crippen LogP contribution in [0.1, 0.15) is 35.4 Å². The van der Waals surface area contributed by atoms with Gasteiger partial charge in [0.05, 0.1) is 11.3 Å². The van der Waals surface area contributed by atoms with Crippen LogP contribution in [0.15, 0.2) is 18.2 Å². The number of aromatic nitrogens is 1. The van der Waals surface area contributed by atoms with Gasteiger partial charge in [0, 0.05) is 55.7 Å². The Morgan fingerprint density at radius 2 is 2.00 bits per heavy atom. The minimum Gasteiger partial charge on any atom is -0.374 e. The van der Waals surface area contributed by atoms with E-state index in [0.29, 0.717) is 42.8 Å². The van der Waals surface area contributed by atoms with Crippen LogP contribution in [0.5, 0.6) is 0 Å². The molecule has 9 heteroatoms. The molecule has 4 rings (SSSR count). The van der Waals surface area contributed by atoms with Gasteiger partial charge in [-0.25, -0.2) is 9.18 Å². The van der Waals surface area contributed by atoms with Gasteiger partial charge in [0.1, 0.15) is 12.0 Å². The van der Waals surface area contributed by atoms with Crippen LogP contribution in [0.25, 0.3) is 11.6 Å². The van der Waals surface area contributed by atoms with Crippen molar-refractivity contribution in [2.24, 2.45) is 5.92 Å². The molecule has 1 fully saturated rings. The number of hydrogen-bond donors (Lipinski definition) is 4. The third-order valence-corrected chi connectivity index (χ3v) is 6.46. The molecule has 1 saturated heterocycles. The van der Waals surface area contributed by atoms with Gasteiger partial charge in [-0.3, -0.25) is 4.79 Å². The van der Waals surface area contributed by atoms with E-state index in [2.05, 4.69) is 15.6 Å². The lowest BCUT2D eigenvalue weighted by atomic mass is 9.95. The van der Waals surface area contributed by atoms with E-state index in [9.17, 15) is 19.1 Å². The minimum atomic E-state index is -0.764. The summed E-state index contributed by atoms with van der Waals surface area (Å²) in [6.45, 7) is 5.01. The van der Waals surface area contributed by atoms with Gasteiger partial charge in [0.2, 0.25) is 0 Å². The molecule has 0 radical (unpaired) electrons. The lowest BCUT2D eigenvalue weighted by Crippen LogP contribution is -2.46. The fourth-order valence-electron chi connectivity index (χ4n) is 4.54. The highest BCUT2D eigenvalue weighted by atomic mass is 19.1. The molecule has 0 saturated carbocycles. The molecule has 3 amide bonds. The number of aryl methyl sites for hydroxylation is 1. The number of nitrogens with one attached hydrogen (secondary N) is 3. The lowest BCUT2D eigenvalue weighted by Gasteiger charge is -2.35. The Kier molecular flexibility index (Phi) is 6.16. The molecule has 1 atom stereocenters. The highest BCUT2D eigenvalue weighted by Crippen LogP contribution is 2.35. The number of aromatic amines is 1. The van der Waals surface area contributed by atoms with Gasteiger partial charge >= 0.3 is 6.03 Å². The highest BCUT2D eigenvalue weighted by Gasteiger charge is 2.29. The molecule has 2 aromatic rings. The second kappa shape index (κ2) is 8.90. The summed E-state index contributed by atoms with van der Waals surface area (Å²) in [6, 6.07) is 4.21. The Labute approximate surface area is 192 Å². The number of fused-ring (bicyclic) bond motifs is 1. The summed E-state index contributed by atoms with van der Waals surface area (Å²) in [6.07, 6.45) is 2.36. The maximum atomic E-state index is 13.7. The van der Waals surface area contributed by atoms with E-state index < -0.39 is 12.0 Å². The number of urea groups is 1. The normalized spacial score (nSPS) is 18.3. The number of amides is 3. The zero-order valence-corrected chi connectivity index (χ0v) is 19.3. The van der Waals surface area contributed by atoms with Gasteiger partial charge in [-0.15, -0.1) is 0 Å². The second-order valence-electron chi connectivity index (χ2n) is 8.96. The molecule has 33 heavy (non-hydrogen) atoms. The monoisotopic (exact) mass is 455 g/mol. The third-order valence-electron chi connectivity index (χ3n) is 6.46. The Morgan fingerprint density at radius 3 is 2.67 bits per heavy atom. The smallest absolute Gasteiger partial charge is 0.319 e. The first kappa shape index (κ1) is 22.8. The number of halogens is 1. The number of aliphatic hydroxyl groups excluding tert-OH is 1. The fraction of sp³-hybridized carbons (Fsp3) is 0.417. The summed E-state index contributed by atoms with van der Waals surface area (Å²) < 4.78 is 13.7. The number of piperidine rings is 1. The van der Waals surface area contributed by atoms with Crippen molar-refractivity contribution in [1.82, 2.24) is 14.8 Å². The Morgan fingerprint density at radius 1 is 1.30 bits per heavy atom. The number of likely N-dealkylation sites (tertiary alicyclic amines) is 1.